The summed E-state index contributed by atoms with van der Waals surface area (Å²) in [7, 11) is 0. The maximum Gasteiger partial charge on any atom is 0.322 e. The molecule has 2 unspecified atom stereocenters. The van der Waals surface area contributed by atoms with Crippen molar-refractivity contribution in [3.8, 4) is 5.75 Å². The van der Waals surface area contributed by atoms with E-state index in [-0.39, 0.29) is 0 Å². The molecule has 1 fully saturated rings. The van der Waals surface area contributed by atoms with Crippen molar-refractivity contribution in [2.24, 2.45) is 0 Å². The molecule has 0 bridgehead atoms. The van der Waals surface area contributed by atoms with Crippen molar-refractivity contribution in [2.75, 3.05) is 0 Å². The van der Waals surface area contributed by atoms with Crippen LogP contribution >= 0.6 is 0 Å². The minimum Gasteiger partial charge on any atom is -0.489 e. The van der Waals surface area contributed by atoms with E-state index in [9.17, 15) is 9.59 Å². The molecule has 3 aromatic rings. The van der Waals surface area contributed by atoms with Gasteiger partial charge in [-0.2, -0.15) is 0 Å². The number of hydroxylamine groups is 1. The van der Waals surface area contributed by atoms with Crippen LogP contribution in [0.2, 0.25) is 0 Å². The summed E-state index contributed by atoms with van der Waals surface area (Å²) in [5.41, 5.74) is 5.96. The lowest BCUT2D eigenvalue weighted by Crippen LogP contribution is -2.48. The van der Waals surface area contributed by atoms with E-state index >= 15 is 0 Å². The van der Waals surface area contributed by atoms with Crippen LogP contribution in [0.4, 0.5) is 4.79 Å². The van der Waals surface area contributed by atoms with Gasteiger partial charge in [-0.15, -0.1) is 0 Å². The minimum atomic E-state index is -1.18. The minimum absolute atomic E-state index is 0.395. The summed E-state index contributed by atoms with van der Waals surface area (Å²) in [6.45, 7) is 4.03. The number of fused-ring (bicyclic) bond motifs is 1. The lowest BCUT2D eigenvalue weighted by atomic mass is 9.96. The van der Waals surface area contributed by atoms with Crippen molar-refractivity contribution >= 4 is 22.8 Å². The maximum absolute atomic E-state index is 12.1. The van der Waals surface area contributed by atoms with Crippen molar-refractivity contribution in [2.45, 2.75) is 32.1 Å². The van der Waals surface area contributed by atoms with E-state index in [0.29, 0.717) is 12.3 Å². The number of hydrogen-bond donors (Lipinski definition) is 3. The Morgan fingerprint density at radius 1 is 1.12 bits per heavy atom. The molecule has 0 spiro atoms. The van der Waals surface area contributed by atoms with Gasteiger partial charge in [0.1, 0.15) is 18.5 Å². The first-order valence-electron chi connectivity index (χ1n) is 10.3. The molecule has 2 aliphatic heterocycles. The largest absolute Gasteiger partial charge is 0.489 e. The molecule has 162 valence electrons. The molecule has 0 radical (unpaired) electrons. The molecule has 8 heteroatoms. The molecule has 1 saturated heterocycles. The Hall–Kier alpha value is -3.91. The normalized spacial score (nSPS) is 22.3. The summed E-state index contributed by atoms with van der Waals surface area (Å²) in [4.78, 5) is 33.8. The maximum atomic E-state index is 12.1. The average Bonchev–Trinajstić information content (AvgIpc) is 3.37. The summed E-state index contributed by atoms with van der Waals surface area (Å²) < 4.78 is 6.02. The molecule has 3 heterocycles. The van der Waals surface area contributed by atoms with Crippen LogP contribution in [0.15, 0.2) is 66.4 Å². The van der Waals surface area contributed by atoms with Gasteiger partial charge in [0.2, 0.25) is 0 Å². The van der Waals surface area contributed by atoms with Crippen LogP contribution in [-0.2, 0) is 16.2 Å². The van der Waals surface area contributed by atoms with Gasteiger partial charge in [-0.1, -0.05) is 30.3 Å². The first-order valence-corrected chi connectivity index (χ1v) is 10.3. The summed E-state index contributed by atoms with van der Waals surface area (Å²) in [6.07, 6.45) is 1.39. The lowest BCUT2D eigenvalue weighted by molar-refractivity contribution is -0.122. The number of imide groups is 1. The number of carbonyl (C=O) groups is 2. The third-order valence-electron chi connectivity index (χ3n) is 5.73. The average molecular weight is 430 g/mol. The fraction of sp³-hybridized carbons (Fsp3) is 0.208. The fourth-order valence-corrected chi connectivity index (χ4v) is 3.94. The van der Waals surface area contributed by atoms with Gasteiger partial charge in [-0.05, 0) is 49.8 Å². The molecule has 0 aliphatic carbocycles. The van der Waals surface area contributed by atoms with E-state index in [2.05, 4.69) is 21.1 Å². The topological polar surface area (TPSA) is 102 Å². The Morgan fingerprint density at radius 2 is 1.91 bits per heavy atom. The highest BCUT2D eigenvalue weighted by Gasteiger charge is 2.47. The fourth-order valence-electron chi connectivity index (χ4n) is 3.94. The summed E-state index contributed by atoms with van der Waals surface area (Å²) in [5.74, 6) is 0.310. The Bertz CT molecular complexity index is 1250. The van der Waals surface area contributed by atoms with E-state index in [1.807, 2.05) is 61.5 Å². The number of rotatable bonds is 5. The van der Waals surface area contributed by atoms with Crippen molar-refractivity contribution in [3.63, 3.8) is 0 Å². The smallest absolute Gasteiger partial charge is 0.322 e. The first kappa shape index (κ1) is 20.0. The number of ether oxygens (including phenoxy) is 1. The van der Waals surface area contributed by atoms with Crippen LogP contribution in [0.5, 0.6) is 5.75 Å². The number of nitrogens with one attached hydrogen (secondary N) is 3. The van der Waals surface area contributed by atoms with Gasteiger partial charge in [0.05, 0.1) is 11.2 Å². The summed E-state index contributed by atoms with van der Waals surface area (Å²) in [5, 5.41) is 5.94. The second-order valence-corrected chi connectivity index (χ2v) is 8.05. The Balaban J connectivity index is 1.29. The quantitative estimate of drug-likeness (QED) is 0.538. The zero-order chi connectivity index (χ0) is 22.3. The van der Waals surface area contributed by atoms with E-state index in [1.165, 1.54) is 0 Å². The molecule has 8 nitrogen and oxygen atoms in total. The number of para-hydroxylation sites is 1. The van der Waals surface area contributed by atoms with E-state index in [4.69, 9.17) is 9.57 Å². The Kier molecular flexibility index (Phi) is 4.79. The van der Waals surface area contributed by atoms with Crippen LogP contribution in [0, 0.1) is 6.92 Å². The highest BCUT2D eigenvalue weighted by molar-refractivity contribution is 6.08. The van der Waals surface area contributed by atoms with E-state index in [0.717, 1.165) is 33.5 Å². The molecular weight excluding hydrogens is 408 g/mol. The number of pyridine rings is 1. The number of hydrogen-bond acceptors (Lipinski definition) is 6. The third-order valence-corrected chi connectivity index (χ3v) is 5.73. The van der Waals surface area contributed by atoms with Gasteiger partial charge in [-0.25, -0.2) is 4.79 Å². The predicted octanol–water partition coefficient (Wildman–Crippen LogP) is 3.18. The molecular formula is C24H22N4O4. The summed E-state index contributed by atoms with van der Waals surface area (Å²) >= 11 is 0. The van der Waals surface area contributed by atoms with Crippen LogP contribution in [0.3, 0.4) is 0 Å². The number of carbonyl (C=O) groups excluding carboxylic acids is 2. The standard InChI is InChI=1S/C24H22N4O4/c1-14-11-16(18-5-3-4-6-19(18)25-14)13-31-17-9-7-15(8-10-17)20-12-21(28-32-20)24(2)22(29)26-23(30)27-24/h3-12,20,28H,13H2,1-2H3,(H2,26,27,29,30). The lowest BCUT2D eigenvalue weighted by Gasteiger charge is -2.21. The van der Waals surface area contributed by atoms with Crippen LogP contribution < -0.4 is 20.9 Å². The molecule has 2 atom stereocenters. The van der Waals surface area contributed by atoms with Crippen molar-refractivity contribution in [1.29, 1.82) is 0 Å². The molecule has 1 aromatic heterocycles. The van der Waals surface area contributed by atoms with Gasteiger partial charge in [0.15, 0.2) is 5.54 Å². The zero-order valence-corrected chi connectivity index (χ0v) is 17.6. The van der Waals surface area contributed by atoms with E-state index in [1.54, 1.807) is 13.0 Å². The van der Waals surface area contributed by atoms with E-state index < -0.39 is 23.6 Å². The van der Waals surface area contributed by atoms with Crippen molar-refractivity contribution < 1.29 is 19.2 Å². The zero-order valence-electron chi connectivity index (χ0n) is 17.6. The molecule has 3 amide bonds. The monoisotopic (exact) mass is 430 g/mol. The number of nitrogens with zero attached hydrogens (tertiary/aromatic N) is 1. The summed E-state index contributed by atoms with van der Waals surface area (Å²) in [6, 6.07) is 17.1. The second kappa shape index (κ2) is 7.65. The Labute approximate surface area is 184 Å². The first-order chi connectivity index (χ1) is 15.4. The number of aryl methyl sites for hydroxylation is 1. The van der Waals surface area contributed by atoms with Gasteiger partial charge < -0.3 is 10.1 Å². The van der Waals surface area contributed by atoms with Gasteiger partial charge in [0, 0.05) is 16.6 Å². The third kappa shape index (κ3) is 3.54. The Morgan fingerprint density at radius 3 is 2.66 bits per heavy atom. The molecule has 3 N–H and O–H groups in total. The van der Waals surface area contributed by atoms with Crippen LogP contribution in [0.1, 0.15) is 29.8 Å². The second-order valence-electron chi connectivity index (χ2n) is 8.05. The number of amides is 3. The number of aromatic nitrogens is 1. The molecule has 32 heavy (non-hydrogen) atoms. The predicted molar refractivity (Wildman–Crippen MR) is 117 cm³/mol. The molecule has 2 aromatic carbocycles. The number of benzene rings is 2. The van der Waals surface area contributed by atoms with Gasteiger partial charge in [0.25, 0.3) is 5.91 Å². The van der Waals surface area contributed by atoms with Crippen LogP contribution in [0.25, 0.3) is 10.9 Å². The van der Waals surface area contributed by atoms with Crippen molar-refractivity contribution in [3.05, 3.63) is 83.2 Å². The highest BCUT2D eigenvalue weighted by Crippen LogP contribution is 2.31. The molecule has 0 saturated carbocycles. The highest BCUT2D eigenvalue weighted by atomic mass is 16.7. The van der Waals surface area contributed by atoms with Gasteiger partial charge >= 0.3 is 6.03 Å². The van der Waals surface area contributed by atoms with Crippen molar-refractivity contribution in [1.82, 2.24) is 21.1 Å². The van der Waals surface area contributed by atoms with Crippen LogP contribution in [-0.4, -0.2) is 22.5 Å². The molecule has 2 aliphatic rings. The SMILES string of the molecule is Cc1cc(COc2ccc(C3C=C(C4(C)NC(=O)NC4=O)NO3)cc2)c2ccccc2n1. The van der Waals surface area contributed by atoms with Gasteiger partial charge in [-0.3, -0.25) is 25.4 Å². The number of urea groups is 1. The molecule has 5 rings (SSSR count).